The summed E-state index contributed by atoms with van der Waals surface area (Å²) in [6.45, 7) is 5.02. The second-order valence-electron chi connectivity index (χ2n) is 5.42. The molecule has 6 heteroatoms. The fraction of sp³-hybridized carbons (Fsp3) is 0.562. The molecule has 1 aliphatic rings. The SMILES string of the molecule is CCC(CO)N1CCN(C(=O)c2ccc(F)c(SC)c2)CC1. The standard InChI is InChI=1S/C16H23FN2O2S/c1-3-13(11-20)18-6-8-19(9-7-18)16(21)12-4-5-14(17)15(10-12)22-2/h4-5,10,13,20H,3,6-9,11H2,1-2H3. The van der Waals surface area contributed by atoms with Crippen LogP contribution in [0.1, 0.15) is 23.7 Å². The number of thioether (sulfide) groups is 1. The van der Waals surface area contributed by atoms with Crippen molar-refractivity contribution in [1.82, 2.24) is 9.80 Å². The van der Waals surface area contributed by atoms with E-state index in [4.69, 9.17) is 0 Å². The normalized spacial score (nSPS) is 17.5. The molecule has 0 saturated carbocycles. The molecule has 122 valence electrons. The van der Waals surface area contributed by atoms with Crippen molar-refractivity contribution in [3.05, 3.63) is 29.6 Å². The minimum absolute atomic E-state index is 0.0491. The van der Waals surface area contributed by atoms with E-state index in [1.807, 2.05) is 0 Å². The van der Waals surface area contributed by atoms with Crippen LogP contribution < -0.4 is 0 Å². The van der Waals surface area contributed by atoms with Gasteiger partial charge in [-0.3, -0.25) is 9.69 Å². The predicted molar refractivity (Wildman–Crippen MR) is 86.8 cm³/mol. The summed E-state index contributed by atoms with van der Waals surface area (Å²) in [5, 5.41) is 9.35. The van der Waals surface area contributed by atoms with Gasteiger partial charge in [-0.15, -0.1) is 11.8 Å². The molecular weight excluding hydrogens is 303 g/mol. The Labute approximate surface area is 135 Å². The van der Waals surface area contributed by atoms with E-state index in [0.717, 1.165) is 19.5 Å². The van der Waals surface area contributed by atoms with Crippen molar-refractivity contribution in [2.45, 2.75) is 24.3 Å². The molecule has 0 radical (unpaired) electrons. The Morgan fingerprint density at radius 1 is 1.36 bits per heavy atom. The Kier molecular flexibility index (Phi) is 6.23. The van der Waals surface area contributed by atoms with Gasteiger partial charge in [-0.05, 0) is 30.9 Å². The van der Waals surface area contributed by atoms with Crippen LogP contribution in [0.3, 0.4) is 0 Å². The van der Waals surface area contributed by atoms with E-state index in [9.17, 15) is 14.3 Å². The summed E-state index contributed by atoms with van der Waals surface area (Å²) >= 11 is 1.30. The van der Waals surface area contributed by atoms with Crippen LogP contribution in [0.4, 0.5) is 4.39 Å². The van der Waals surface area contributed by atoms with Crippen LogP contribution in [-0.2, 0) is 0 Å². The molecule has 0 aliphatic carbocycles. The van der Waals surface area contributed by atoms with Crippen LogP contribution in [0.2, 0.25) is 0 Å². The van der Waals surface area contributed by atoms with E-state index >= 15 is 0 Å². The fourth-order valence-corrected chi connectivity index (χ4v) is 3.28. The van der Waals surface area contributed by atoms with Crippen LogP contribution in [-0.4, -0.2) is 65.9 Å². The van der Waals surface area contributed by atoms with E-state index in [1.54, 1.807) is 23.3 Å². The predicted octanol–water partition coefficient (Wildman–Crippen LogP) is 2.08. The van der Waals surface area contributed by atoms with Gasteiger partial charge >= 0.3 is 0 Å². The Balaban J connectivity index is 2.00. The minimum Gasteiger partial charge on any atom is -0.395 e. The zero-order valence-electron chi connectivity index (χ0n) is 13.1. The van der Waals surface area contributed by atoms with Gasteiger partial charge in [-0.1, -0.05) is 6.92 Å². The Bertz CT molecular complexity index is 515. The first-order chi connectivity index (χ1) is 10.6. The Hall–Kier alpha value is -1.11. The minimum atomic E-state index is -0.289. The molecule has 0 bridgehead atoms. The molecule has 1 aromatic carbocycles. The molecule has 0 spiro atoms. The summed E-state index contributed by atoms with van der Waals surface area (Å²) in [6, 6.07) is 4.70. The molecule has 22 heavy (non-hydrogen) atoms. The van der Waals surface area contributed by atoms with Crippen LogP contribution in [0.15, 0.2) is 23.1 Å². The highest BCUT2D eigenvalue weighted by Crippen LogP contribution is 2.21. The van der Waals surface area contributed by atoms with Crippen molar-refractivity contribution in [3.8, 4) is 0 Å². The molecule has 2 rings (SSSR count). The van der Waals surface area contributed by atoms with E-state index in [0.29, 0.717) is 23.5 Å². The lowest BCUT2D eigenvalue weighted by molar-refractivity contribution is 0.0472. The molecule has 1 aliphatic heterocycles. The molecule has 1 atom stereocenters. The number of carbonyl (C=O) groups excluding carboxylic acids is 1. The number of amides is 1. The van der Waals surface area contributed by atoms with Crippen LogP contribution in [0.25, 0.3) is 0 Å². The topological polar surface area (TPSA) is 43.8 Å². The number of rotatable bonds is 5. The van der Waals surface area contributed by atoms with Gasteiger partial charge in [0.25, 0.3) is 5.91 Å². The third-order valence-electron chi connectivity index (χ3n) is 4.20. The van der Waals surface area contributed by atoms with Crippen LogP contribution >= 0.6 is 11.8 Å². The van der Waals surface area contributed by atoms with Crippen molar-refractivity contribution in [2.75, 3.05) is 39.0 Å². The van der Waals surface area contributed by atoms with Crippen molar-refractivity contribution < 1.29 is 14.3 Å². The summed E-state index contributed by atoms with van der Waals surface area (Å²) in [5.74, 6) is -0.338. The molecule has 1 aromatic rings. The van der Waals surface area contributed by atoms with Crippen molar-refractivity contribution in [1.29, 1.82) is 0 Å². The van der Waals surface area contributed by atoms with Crippen LogP contribution in [0, 0.1) is 5.82 Å². The smallest absolute Gasteiger partial charge is 0.253 e. The summed E-state index contributed by atoms with van der Waals surface area (Å²) in [4.78, 5) is 17.0. The number of carbonyl (C=O) groups is 1. The van der Waals surface area contributed by atoms with Gasteiger partial charge < -0.3 is 10.0 Å². The molecule has 1 amide bonds. The van der Waals surface area contributed by atoms with Crippen molar-refractivity contribution >= 4 is 17.7 Å². The quantitative estimate of drug-likeness (QED) is 0.842. The third-order valence-corrected chi connectivity index (χ3v) is 4.95. The number of aliphatic hydroxyl groups is 1. The number of aliphatic hydroxyl groups excluding tert-OH is 1. The highest BCUT2D eigenvalue weighted by atomic mass is 32.2. The van der Waals surface area contributed by atoms with Gasteiger partial charge in [0.1, 0.15) is 5.82 Å². The number of nitrogens with zero attached hydrogens (tertiary/aromatic N) is 2. The van der Waals surface area contributed by atoms with Crippen molar-refractivity contribution in [2.24, 2.45) is 0 Å². The summed E-state index contributed by atoms with van der Waals surface area (Å²) in [6.07, 6.45) is 2.70. The zero-order valence-corrected chi connectivity index (χ0v) is 13.9. The number of benzene rings is 1. The summed E-state index contributed by atoms with van der Waals surface area (Å²) in [7, 11) is 0. The summed E-state index contributed by atoms with van der Waals surface area (Å²) in [5.41, 5.74) is 0.536. The first-order valence-electron chi connectivity index (χ1n) is 7.58. The molecular formula is C16H23FN2O2S. The van der Waals surface area contributed by atoms with Gasteiger partial charge in [0, 0.05) is 42.7 Å². The largest absolute Gasteiger partial charge is 0.395 e. The second kappa shape index (κ2) is 7.94. The average Bonchev–Trinajstić information content (AvgIpc) is 2.56. The highest BCUT2D eigenvalue weighted by molar-refractivity contribution is 7.98. The molecule has 1 N–H and O–H groups in total. The van der Waals surface area contributed by atoms with E-state index < -0.39 is 0 Å². The fourth-order valence-electron chi connectivity index (χ4n) is 2.77. The van der Waals surface area contributed by atoms with Crippen molar-refractivity contribution in [3.63, 3.8) is 0 Å². The number of halogens is 1. The molecule has 4 nitrogen and oxygen atoms in total. The second-order valence-corrected chi connectivity index (χ2v) is 6.27. The van der Waals surface area contributed by atoms with Gasteiger partial charge in [-0.2, -0.15) is 0 Å². The lowest BCUT2D eigenvalue weighted by Gasteiger charge is -2.38. The maximum Gasteiger partial charge on any atom is 0.253 e. The number of hydrogen-bond acceptors (Lipinski definition) is 4. The first kappa shape index (κ1) is 17.2. The lowest BCUT2D eigenvalue weighted by atomic mass is 10.1. The number of hydrogen-bond donors (Lipinski definition) is 1. The Morgan fingerprint density at radius 3 is 2.59 bits per heavy atom. The van der Waals surface area contributed by atoms with Gasteiger partial charge in [0.05, 0.1) is 6.61 Å². The van der Waals surface area contributed by atoms with Gasteiger partial charge in [0.2, 0.25) is 0 Å². The van der Waals surface area contributed by atoms with E-state index in [-0.39, 0.29) is 24.4 Å². The van der Waals surface area contributed by atoms with Crippen LogP contribution in [0.5, 0.6) is 0 Å². The maximum absolute atomic E-state index is 13.5. The third kappa shape index (κ3) is 3.80. The molecule has 1 saturated heterocycles. The molecule has 1 heterocycles. The number of piperazine rings is 1. The van der Waals surface area contributed by atoms with Gasteiger partial charge in [-0.25, -0.2) is 4.39 Å². The maximum atomic E-state index is 13.5. The summed E-state index contributed by atoms with van der Waals surface area (Å²) < 4.78 is 13.5. The lowest BCUT2D eigenvalue weighted by Crippen LogP contribution is -2.52. The molecule has 1 fully saturated rings. The first-order valence-corrected chi connectivity index (χ1v) is 8.80. The van der Waals surface area contributed by atoms with E-state index in [2.05, 4.69) is 11.8 Å². The molecule has 1 unspecified atom stereocenters. The highest BCUT2D eigenvalue weighted by Gasteiger charge is 2.25. The molecule has 0 aromatic heterocycles. The van der Waals surface area contributed by atoms with Gasteiger partial charge in [0.15, 0.2) is 0 Å². The van der Waals surface area contributed by atoms with E-state index in [1.165, 1.54) is 17.8 Å². The zero-order chi connectivity index (χ0) is 16.1. The average molecular weight is 326 g/mol. The Morgan fingerprint density at radius 2 is 2.05 bits per heavy atom. The monoisotopic (exact) mass is 326 g/mol.